The number of aliphatic hydroxyl groups is 1. The highest BCUT2D eigenvalue weighted by Gasteiger charge is 2.06. The Morgan fingerprint density at radius 1 is 1.14 bits per heavy atom. The summed E-state index contributed by atoms with van der Waals surface area (Å²) >= 11 is 6.27. The molecule has 0 saturated carbocycles. The van der Waals surface area contributed by atoms with Crippen LogP contribution in [0.5, 0.6) is 11.5 Å². The molecule has 3 nitrogen and oxygen atoms in total. The molecule has 0 unspecified atom stereocenters. The largest absolute Gasteiger partial charge is 0.456 e. The van der Waals surface area contributed by atoms with Crippen molar-refractivity contribution in [1.29, 1.82) is 0 Å². The second-order valence-electron chi connectivity index (χ2n) is 5.21. The van der Waals surface area contributed by atoms with Gasteiger partial charge in [-0.25, -0.2) is 0 Å². The normalized spacial score (nSPS) is 10.9. The molecule has 2 rings (SSSR count). The Morgan fingerprint density at radius 3 is 2.62 bits per heavy atom. The van der Waals surface area contributed by atoms with Crippen LogP contribution in [0.2, 0.25) is 5.02 Å². The van der Waals surface area contributed by atoms with E-state index in [4.69, 9.17) is 21.4 Å². The highest BCUT2D eigenvalue weighted by Crippen LogP contribution is 2.30. The van der Waals surface area contributed by atoms with Crippen molar-refractivity contribution in [2.45, 2.75) is 33.0 Å². The van der Waals surface area contributed by atoms with E-state index in [2.05, 4.69) is 19.2 Å². The van der Waals surface area contributed by atoms with E-state index in [1.54, 1.807) is 6.07 Å². The van der Waals surface area contributed by atoms with Crippen LogP contribution in [0.25, 0.3) is 0 Å². The molecule has 0 aromatic heterocycles. The molecule has 0 aliphatic carbocycles. The molecule has 0 spiro atoms. The Kier molecular flexibility index (Phi) is 5.62. The third-order valence-electron chi connectivity index (χ3n) is 3.02. The fourth-order valence-electron chi connectivity index (χ4n) is 1.89. The maximum absolute atomic E-state index is 9.13. The molecule has 0 heterocycles. The van der Waals surface area contributed by atoms with Crippen LogP contribution in [0.3, 0.4) is 0 Å². The zero-order valence-electron chi connectivity index (χ0n) is 12.3. The molecule has 0 amide bonds. The highest BCUT2D eigenvalue weighted by atomic mass is 35.5. The Labute approximate surface area is 130 Å². The first-order valence-corrected chi connectivity index (χ1v) is 7.35. The molecule has 112 valence electrons. The summed E-state index contributed by atoms with van der Waals surface area (Å²) in [6.45, 7) is 4.98. The van der Waals surface area contributed by atoms with Crippen LogP contribution >= 0.6 is 11.6 Å². The summed E-state index contributed by atoms with van der Waals surface area (Å²) in [4.78, 5) is 0. The lowest BCUT2D eigenvalue weighted by Crippen LogP contribution is -2.21. The van der Waals surface area contributed by atoms with Gasteiger partial charge in [-0.15, -0.1) is 0 Å². The smallest absolute Gasteiger partial charge is 0.146 e. The van der Waals surface area contributed by atoms with Gasteiger partial charge in [-0.2, -0.15) is 0 Å². The molecule has 0 saturated heterocycles. The number of nitrogens with one attached hydrogen (secondary N) is 1. The van der Waals surface area contributed by atoms with E-state index in [-0.39, 0.29) is 6.61 Å². The lowest BCUT2D eigenvalue weighted by Gasteiger charge is -2.11. The van der Waals surface area contributed by atoms with Crippen LogP contribution in [0, 0.1) is 0 Å². The van der Waals surface area contributed by atoms with E-state index in [0.29, 0.717) is 22.6 Å². The molecule has 0 atom stereocenters. The zero-order valence-corrected chi connectivity index (χ0v) is 13.0. The summed E-state index contributed by atoms with van der Waals surface area (Å²) in [5, 5.41) is 13.1. The van der Waals surface area contributed by atoms with Gasteiger partial charge in [0.05, 0.1) is 11.6 Å². The first kappa shape index (κ1) is 15.8. The summed E-state index contributed by atoms with van der Waals surface area (Å²) in [6.07, 6.45) is 0. The van der Waals surface area contributed by atoms with Gasteiger partial charge >= 0.3 is 0 Å². The van der Waals surface area contributed by atoms with E-state index < -0.39 is 0 Å². The molecule has 2 N–H and O–H groups in total. The number of rotatable bonds is 6. The van der Waals surface area contributed by atoms with Gasteiger partial charge in [0.15, 0.2) is 0 Å². The zero-order chi connectivity index (χ0) is 15.2. The van der Waals surface area contributed by atoms with Crippen molar-refractivity contribution in [1.82, 2.24) is 5.32 Å². The van der Waals surface area contributed by atoms with Crippen LogP contribution in [0.1, 0.15) is 25.0 Å². The molecule has 4 heteroatoms. The first-order chi connectivity index (χ1) is 10.1. The van der Waals surface area contributed by atoms with E-state index in [9.17, 15) is 0 Å². The van der Waals surface area contributed by atoms with Crippen LogP contribution < -0.4 is 10.1 Å². The number of hydrogen-bond acceptors (Lipinski definition) is 3. The summed E-state index contributed by atoms with van der Waals surface area (Å²) in [6, 6.07) is 13.5. The van der Waals surface area contributed by atoms with Gasteiger partial charge in [-0.3, -0.25) is 0 Å². The fraction of sp³-hybridized carbons (Fsp3) is 0.294. The third-order valence-corrected chi connectivity index (χ3v) is 3.31. The number of halogens is 1. The second-order valence-corrected chi connectivity index (χ2v) is 5.62. The lowest BCUT2D eigenvalue weighted by atomic mass is 10.2. The molecule has 21 heavy (non-hydrogen) atoms. The average molecular weight is 306 g/mol. The van der Waals surface area contributed by atoms with Crippen LogP contribution in [-0.4, -0.2) is 11.1 Å². The van der Waals surface area contributed by atoms with Crippen molar-refractivity contribution < 1.29 is 9.84 Å². The standard InChI is InChI=1S/C17H20ClNO2/c1-12(2)19-10-13-6-7-17(16(18)9-13)21-15-5-3-4-14(8-15)11-20/h3-9,12,19-20H,10-11H2,1-2H3. The molecular formula is C17H20ClNO2. The van der Waals surface area contributed by atoms with Crippen molar-refractivity contribution >= 4 is 11.6 Å². The van der Waals surface area contributed by atoms with E-state index in [1.165, 1.54) is 0 Å². The van der Waals surface area contributed by atoms with Crippen molar-refractivity contribution in [2.75, 3.05) is 0 Å². The minimum atomic E-state index is -0.00918. The minimum Gasteiger partial charge on any atom is -0.456 e. The molecule has 0 radical (unpaired) electrons. The number of benzene rings is 2. The molecule has 0 aliphatic heterocycles. The predicted octanol–water partition coefficient (Wildman–Crippen LogP) is 4.12. The summed E-state index contributed by atoms with van der Waals surface area (Å²) in [5.41, 5.74) is 1.92. The van der Waals surface area contributed by atoms with Crippen LogP contribution in [0.15, 0.2) is 42.5 Å². The molecule has 2 aromatic carbocycles. The van der Waals surface area contributed by atoms with Gasteiger partial charge in [0.2, 0.25) is 0 Å². The van der Waals surface area contributed by atoms with E-state index in [0.717, 1.165) is 17.7 Å². The second kappa shape index (κ2) is 7.46. The Morgan fingerprint density at radius 2 is 1.95 bits per heavy atom. The topological polar surface area (TPSA) is 41.5 Å². The van der Waals surface area contributed by atoms with Gasteiger partial charge < -0.3 is 15.2 Å². The van der Waals surface area contributed by atoms with E-state index in [1.807, 2.05) is 36.4 Å². The van der Waals surface area contributed by atoms with E-state index >= 15 is 0 Å². The van der Waals surface area contributed by atoms with Crippen molar-refractivity contribution in [3.63, 3.8) is 0 Å². The molecule has 2 aromatic rings. The predicted molar refractivity (Wildman–Crippen MR) is 85.9 cm³/mol. The van der Waals surface area contributed by atoms with Crippen molar-refractivity contribution in [3.8, 4) is 11.5 Å². The number of aliphatic hydroxyl groups excluding tert-OH is 1. The molecular weight excluding hydrogens is 286 g/mol. The first-order valence-electron chi connectivity index (χ1n) is 6.98. The van der Waals surface area contributed by atoms with Crippen LogP contribution in [-0.2, 0) is 13.2 Å². The Hall–Kier alpha value is -1.55. The van der Waals surface area contributed by atoms with Crippen molar-refractivity contribution in [2.24, 2.45) is 0 Å². The van der Waals surface area contributed by atoms with Gasteiger partial charge in [0.1, 0.15) is 11.5 Å². The minimum absolute atomic E-state index is 0.00918. The quantitative estimate of drug-likeness (QED) is 0.843. The Balaban J connectivity index is 2.09. The maximum atomic E-state index is 9.13. The summed E-state index contributed by atoms with van der Waals surface area (Å²) < 4.78 is 5.77. The Bertz CT molecular complexity index is 599. The van der Waals surface area contributed by atoms with Crippen molar-refractivity contribution in [3.05, 3.63) is 58.6 Å². The fourth-order valence-corrected chi connectivity index (χ4v) is 2.14. The van der Waals surface area contributed by atoms with Crippen LogP contribution in [0.4, 0.5) is 0 Å². The molecule has 0 fully saturated rings. The SMILES string of the molecule is CC(C)NCc1ccc(Oc2cccc(CO)c2)c(Cl)c1. The highest BCUT2D eigenvalue weighted by molar-refractivity contribution is 6.32. The molecule has 0 bridgehead atoms. The maximum Gasteiger partial charge on any atom is 0.146 e. The number of ether oxygens (including phenoxy) is 1. The third kappa shape index (κ3) is 4.74. The average Bonchev–Trinajstić information content (AvgIpc) is 2.48. The van der Waals surface area contributed by atoms with Gasteiger partial charge in [-0.1, -0.05) is 43.6 Å². The lowest BCUT2D eigenvalue weighted by molar-refractivity contribution is 0.281. The summed E-state index contributed by atoms with van der Waals surface area (Å²) in [5.74, 6) is 1.27. The monoisotopic (exact) mass is 305 g/mol. The van der Waals surface area contributed by atoms with Gasteiger partial charge in [0, 0.05) is 12.6 Å². The molecule has 0 aliphatic rings. The number of hydrogen-bond donors (Lipinski definition) is 2. The van der Waals surface area contributed by atoms with Gasteiger partial charge in [0.25, 0.3) is 0 Å². The summed E-state index contributed by atoms with van der Waals surface area (Å²) in [7, 11) is 0. The van der Waals surface area contributed by atoms with Gasteiger partial charge in [-0.05, 0) is 35.4 Å².